The van der Waals surface area contributed by atoms with Gasteiger partial charge in [-0.05, 0) is 30.0 Å². The fourth-order valence-electron chi connectivity index (χ4n) is 2.44. The van der Waals surface area contributed by atoms with Crippen molar-refractivity contribution >= 4 is 0 Å². The van der Waals surface area contributed by atoms with Crippen molar-refractivity contribution in [2.75, 3.05) is 26.8 Å². The highest BCUT2D eigenvalue weighted by atomic mass is 16.5. The molecule has 0 radical (unpaired) electrons. The summed E-state index contributed by atoms with van der Waals surface area (Å²) in [6.45, 7) is 4.30. The molecule has 1 unspecified atom stereocenters. The number of hydrogen-bond donors (Lipinski definition) is 1. The Morgan fingerprint density at radius 3 is 2.65 bits per heavy atom. The van der Waals surface area contributed by atoms with Gasteiger partial charge in [0.2, 0.25) is 0 Å². The lowest BCUT2D eigenvalue weighted by Crippen LogP contribution is -2.21. The van der Waals surface area contributed by atoms with Crippen molar-refractivity contribution in [3.8, 4) is 0 Å². The van der Waals surface area contributed by atoms with Crippen LogP contribution in [0.15, 0.2) is 24.3 Å². The number of likely N-dealkylation sites (tertiary alicyclic amines) is 1. The zero-order valence-corrected chi connectivity index (χ0v) is 10.4. The zero-order valence-electron chi connectivity index (χ0n) is 10.4. The molecule has 3 heteroatoms. The molecule has 1 aromatic rings. The fourth-order valence-corrected chi connectivity index (χ4v) is 2.44. The lowest BCUT2D eigenvalue weighted by molar-refractivity contribution is 0.152. The van der Waals surface area contributed by atoms with E-state index in [1.54, 1.807) is 7.11 Å². The van der Waals surface area contributed by atoms with Crippen molar-refractivity contribution in [3.63, 3.8) is 0 Å². The lowest BCUT2D eigenvalue weighted by Gasteiger charge is -2.16. The van der Waals surface area contributed by atoms with Gasteiger partial charge in [-0.2, -0.15) is 0 Å². The van der Waals surface area contributed by atoms with Gasteiger partial charge in [0.05, 0.1) is 13.2 Å². The Balaban J connectivity index is 1.84. The number of methoxy groups -OCH3 is 1. The van der Waals surface area contributed by atoms with Crippen LogP contribution < -0.4 is 0 Å². The van der Waals surface area contributed by atoms with E-state index in [1.165, 1.54) is 12.0 Å². The smallest absolute Gasteiger partial charge is 0.0681 e. The van der Waals surface area contributed by atoms with E-state index in [2.05, 4.69) is 17.0 Å². The molecule has 1 atom stereocenters. The van der Waals surface area contributed by atoms with Crippen molar-refractivity contribution in [1.29, 1.82) is 0 Å². The molecule has 0 bridgehead atoms. The molecule has 17 heavy (non-hydrogen) atoms. The molecule has 1 aliphatic rings. The molecule has 1 N–H and O–H groups in total. The molecule has 0 aliphatic carbocycles. The molecule has 94 valence electrons. The Labute approximate surface area is 103 Å². The number of aliphatic hydroxyl groups excluding tert-OH is 1. The van der Waals surface area contributed by atoms with Crippen LogP contribution in [0.4, 0.5) is 0 Å². The summed E-state index contributed by atoms with van der Waals surface area (Å²) in [5.41, 5.74) is 2.30. The first kappa shape index (κ1) is 12.6. The highest BCUT2D eigenvalue weighted by Crippen LogP contribution is 2.19. The highest BCUT2D eigenvalue weighted by Gasteiger charge is 2.21. The maximum atomic E-state index is 8.98. The van der Waals surface area contributed by atoms with Gasteiger partial charge in [-0.25, -0.2) is 0 Å². The Morgan fingerprint density at radius 1 is 1.29 bits per heavy atom. The van der Waals surface area contributed by atoms with Crippen molar-refractivity contribution in [2.45, 2.75) is 19.6 Å². The summed E-state index contributed by atoms with van der Waals surface area (Å²) in [7, 11) is 1.77. The second kappa shape index (κ2) is 6.15. The summed E-state index contributed by atoms with van der Waals surface area (Å²) in [6.07, 6.45) is 1.24. The first-order valence-corrected chi connectivity index (χ1v) is 6.22. The number of ether oxygens (including phenoxy) is 1. The van der Waals surface area contributed by atoms with E-state index in [4.69, 9.17) is 9.84 Å². The van der Waals surface area contributed by atoms with Crippen molar-refractivity contribution < 1.29 is 9.84 Å². The summed E-state index contributed by atoms with van der Waals surface area (Å²) in [5.74, 6) is 0.691. The van der Waals surface area contributed by atoms with E-state index in [9.17, 15) is 0 Å². The minimum atomic E-state index is 0.125. The molecule has 1 fully saturated rings. The minimum Gasteiger partial charge on any atom is -0.392 e. The van der Waals surface area contributed by atoms with Crippen LogP contribution in [0.5, 0.6) is 0 Å². The van der Waals surface area contributed by atoms with Gasteiger partial charge < -0.3 is 9.84 Å². The molecule has 1 heterocycles. The van der Waals surface area contributed by atoms with Crippen LogP contribution in [-0.2, 0) is 17.9 Å². The molecule has 1 saturated heterocycles. The second-order valence-electron chi connectivity index (χ2n) is 4.82. The third-order valence-electron chi connectivity index (χ3n) is 3.38. The second-order valence-corrected chi connectivity index (χ2v) is 4.82. The summed E-state index contributed by atoms with van der Waals surface area (Å²) in [5, 5.41) is 8.98. The maximum absolute atomic E-state index is 8.98. The predicted molar refractivity (Wildman–Crippen MR) is 67.6 cm³/mol. The molecule has 1 aliphatic heterocycles. The Hall–Kier alpha value is -0.900. The van der Waals surface area contributed by atoms with Gasteiger partial charge in [0.15, 0.2) is 0 Å². The molecule has 0 spiro atoms. The van der Waals surface area contributed by atoms with Crippen LogP contribution in [0.1, 0.15) is 17.5 Å². The quantitative estimate of drug-likeness (QED) is 0.842. The highest BCUT2D eigenvalue weighted by molar-refractivity contribution is 5.21. The van der Waals surface area contributed by atoms with Crippen molar-refractivity contribution in [3.05, 3.63) is 35.4 Å². The van der Waals surface area contributed by atoms with E-state index in [0.29, 0.717) is 5.92 Å². The largest absolute Gasteiger partial charge is 0.392 e. The number of benzene rings is 1. The first-order chi connectivity index (χ1) is 8.31. The normalized spacial score (nSPS) is 20.9. The number of rotatable bonds is 5. The van der Waals surface area contributed by atoms with Gasteiger partial charge in [0, 0.05) is 20.2 Å². The number of hydrogen-bond acceptors (Lipinski definition) is 3. The average Bonchev–Trinajstić information content (AvgIpc) is 2.78. The Kier molecular flexibility index (Phi) is 4.54. The molecular formula is C14H21NO2. The van der Waals surface area contributed by atoms with E-state index in [-0.39, 0.29) is 6.61 Å². The van der Waals surface area contributed by atoms with Crippen LogP contribution in [0.2, 0.25) is 0 Å². The van der Waals surface area contributed by atoms with Gasteiger partial charge in [0.1, 0.15) is 0 Å². The molecule has 0 saturated carbocycles. The van der Waals surface area contributed by atoms with E-state index in [0.717, 1.165) is 31.8 Å². The summed E-state index contributed by atoms with van der Waals surface area (Å²) in [6, 6.07) is 8.21. The molecule has 0 amide bonds. The molecule has 2 rings (SSSR count). The van der Waals surface area contributed by atoms with Gasteiger partial charge in [-0.1, -0.05) is 24.3 Å². The van der Waals surface area contributed by atoms with Crippen molar-refractivity contribution in [1.82, 2.24) is 4.90 Å². The molecule has 1 aromatic carbocycles. The summed E-state index contributed by atoms with van der Waals surface area (Å²) < 4.78 is 5.20. The zero-order chi connectivity index (χ0) is 12.1. The topological polar surface area (TPSA) is 32.7 Å². The first-order valence-electron chi connectivity index (χ1n) is 6.22. The van der Waals surface area contributed by atoms with Crippen LogP contribution in [0.25, 0.3) is 0 Å². The third kappa shape index (κ3) is 3.53. The molecular weight excluding hydrogens is 214 g/mol. The molecule has 3 nitrogen and oxygen atoms in total. The summed E-state index contributed by atoms with van der Waals surface area (Å²) in [4.78, 5) is 2.47. The van der Waals surface area contributed by atoms with Gasteiger partial charge in [-0.15, -0.1) is 0 Å². The monoisotopic (exact) mass is 235 g/mol. The predicted octanol–water partition coefficient (Wildman–Crippen LogP) is 1.65. The van der Waals surface area contributed by atoms with E-state index < -0.39 is 0 Å². The third-order valence-corrected chi connectivity index (χ3v) is 3.38. The Bertz CT molecular complexity index is 337. The van der Waals surface area contributed by atoms with Gasteiger partial charge in [0.25, 0.3) is 0 Å². The van der Waals surface area contributed by atoms with Crippen LogP contribution in [0, 0.1) is 5.92 Å². The van der Waals surface area contributed by atoms with Gasteiger partial charge in [-0.3, -0.25) is 4.90 Å². The minimum absolute atomic E-state index is 0.125. The van der Waals surface area contributed by atoms with E-state index >= 15 is 0 Å². The van der Waals surface area contributed by atoms with Crippen LogP contribution in [-0.4, -0.2) is 36.8 Å². The maximum Gasteiger partial charge on any atom is 0.0681 e. The number of nitrogens with zero attached hydrogens (tertiary/aromatic N) is 1. The van der Waals surface area contributed by atoms with Gasteiger partial charge >= 0.3 is 0 Å². The van der Waals surface area contributed by atoms with Crippen LogP contribution >= 0.6 is 0 Å². The Morgan fingerprint density at radius 2 is 2.00 bits per heavy atom. The standard InChI is InChI=1S/C14H21NO2/c1-17-11-14-6-7-15(9-14)8-12-2-4-13(10-16)5-3-12/h2-5,14,16H,6-11H2,1H3. The fraction of sp³-hybridized carbons (Fsp3) is 0.571. The number of aliphatic hydroxyl groups is 1. The average molecular weight is 235 g/mol. The van der Waals surface area contributed by atoms with Crippen molar-refractivity contribution in [2.24, 2.45) is 5.92 Å². The van der Waals surface area contributed by atoms with Crippen LogP contribution in [0.3, 0.4) is 0 Å². The van der Waals surface area contributed by atoms with E-state index in [1.807, 2.05) is 12.1 Å². The summed E-state index contributed by atoms with van der Waals surface area (Å²) >= 11 is 0. The SMILES string of the molecule is COCC1CCN(Cc2ccc(CO)cc2)C1. The molecule has 0 aromatic heterocycles. The lowest BCUT2D eigenvalue weighted by atomic mass is 10.1.